The van der Waals surface area contributed by atoms with Crippen LogP contribution in [0.15, 0.2) is 22.7 Å². The van der Waals surface area contributed by atoms with Gasteiger partial charge in [-0.05, 0) is 37.1 Å². The number of aliphatic hydroxyl groups excluding tert-OH is 1. The molecule has 0 amide bonds. The van der Waals surface area contributed by atoms with Crippen molar-refractivity contribution >= 4 is 0 Å². The highest BCUT2D eigenvalue weighted by Gasteiger charge is 2.32. The zero-order valence-corrected chi connectivity index (χ0v) is 12.2. The second-order valence-corrected chi connectivity index (χ2v) is 5.57. The fourth-order valence-corrected chi connectivity index (χ4v) is 2.70. The van der Waals surface area contributed by atoms with Crippen LogP contribution in [-0.2, 0) is 6.54 Å². The van der Waals surface area contributed by atoms with Gasteiger partial charge in [-0.15, -0.1) is 0 Å². The molecule has 2 atom stereocenters. The SMILES string of the molecule is Cc1cc(-c2noc(CN3C[C@@H](F)C[C@H]3CO)n2)ccc1F. The highest BCUT2D eigenvalue weighted by atomic mass is 19.1. The Morgan fingerprint density at radius 2 is 2.27 bits per heavy atom. The van der Waals surface area contributed by atoms with Gasteiger partial charge in [-0.3, -0.25) is 4.90 Å². The number of benzene rings is 1. The Labute approximate surface area is 126 Å². The Morgan fingerprint density at radius 1 is 1.45 bits per heavy atom. The lowest BCUT2D eigenvalue weighted by Gasteiger charge is -2.19. The molecule has 0 bridgehead atoms. The zero-order valence-electron chi connectivity index (χ0n) is 12.2. The van der Waals surface area contributed by atoms with Gasteiger partial charge in [0, 0.05) is 18.2 Å². The number of halogens is 2. The zero-order chi connectivity index (χ0) is 15.7. The fraction of sp³-hybridized carbons (Fsp3) is 0.467. The molecule has 1 aromatic heterocycles. The number of aliphatic hydroxyl groups is 1. The van der Waals surface area contributed by atoms with Gasteiger partial charge in [0.2, 0.25) is 11.7 Å². The molecule has 1 saturated heterocycles. The molecule has 1 N–H and O–H groups in total. The van der Waals surface area contributed by atoms with Crippen molar-refractivity contribution in [3.8, 4) is 11.4 Å². The highest BCUT2D eigenvalue weighted by molar-refractivity contribution is 5.55. The third kappa shape index (κ3) is 3.00. The molecule has 3 rings (SSSR count). The molecule has 22 heavy (non-hydrogen) atoms. The van der Waals surface area contributed by atoms with Gasteiger partial charge < -0.3 is 9.63 Å². The minimum absolute atomic E-state index is 0.0986. The molecule has 7 heteroatoms. The highest BCUT2D eigenvalue weighted by Crippen LogP contribution is 2.23. The lowest BCUT2D eigenvalue weighted by Crippen LogP contribution is -2.31. The summed E-state index contributed by atoms with van der Waals surface area (Å²) in [5, 5.41) is 13.1. The molecule has 0 saturated carbocycles. The largest absolute Gasteiger partial charge is 0.395 e. The van der Waals surface area contributed by atoms with E-state index in [1.165, 1.54) is 6.07 Å². The number of hydrogen-bond acceptors (Lipinski definition) is 5. The van der Waals surface area contributed by atoms with E-state index < -0.39 is 6.17 Å². The van der Waals surface area contributed by atoms with E-state index in [9.17, 15) is 13.9 Å². The third-order valence-electron chi connectivity index (χ3n) is 3.91. The summed E-state index contributed by atoms with van der Waals surface area (Å²) in [4.78, 5) is 6.05. The van der Waals surface area contributed by atoms with Crippen LogP contribution >= 0.6 is 0 Å². The maximum absolute atomic E-state index is 13.4. The predicted octanol–water partition coefficient (Wildman–Crippen LogP) is 2.09. The standard InChI is InChI=1S/C15H17F2N3O2/c1-9-4-10(2-3-13(9)17)15-18-14(22-19-15)7-20-6-11(16)5-12(20)8-21/h2-4,11-12,21H,5-8H2,1H3/t11-,12-/m0/s1. The number of nitrogens with zero attached hydrogens (tertiary/aromatic N) is 3. The minimum Gasteiger partial charge on any atom is -0.395 e. The first-order chi connectivity index (χ1) is 10.6. The van der Waals surface area contributed by atoms with Crippen LogP contribution in [0.1, 0.15) is 17.9 Å². The molecule has 1 fully saturated rings. The van der Waals surface area contributed by atoms with Crippen LogP contribution in [0.5, 0.6) is 0 Å². The number of aryl methyl sites for hydroxylation is 1. The molecule has 118 valence electrons. The van der Waals surface area contributed by atoms with Crippen LogP contribution < -0.4 is 0 Å². The normalized spacial score (nSPS) is 22.4. The van der Waals surface area contributed by atoms with Crippen molar-refractivity contribution in [2.24, 2.45) is 0 Å². The Kier molecular flexibility index (Phi) is 4.17. The van der Waals surface area contributed by atoms with E-state index in [0.29, 0.717) is 35.8 Å². The van der Waals surface area contributed by atoms with E-state index in [1.54, 1.807) is 24.0 Å². The lowest BCUT2D eigenvalue weighted by molar-refractivity contribution is 0.140. The lowest BCUT2D eigenvalue weighted by atomic mass is 10.1. The van der Waals surface area contributed by atoms with Gasteiger partial charge >= 0.3 is 0 Å². The van der Waals surface area contributed by atoms with Gasteiger partial charge in [0.05, 0.1) is 13.2 Å². The molecule has 0 aliphatic carbocycles. The van der Waals surface area contributed by atoms with E-state index >= 15 is 0 Å². The molecule has 0 radical (unpaired) electrons. The maximum atomic E-state index is 13.4. The molecule has 5 nitrogen and oxygen atoms in total. The quantitative estimate of drug-likeness (QED) is 0.937. The van der Waals surface area contributed by atoms with Crippen LogP contribution in [0.2, 0.25) is 0 Å². The van der Waals surface area contributed by atoms with E-state index in [0.717, 1.165) is 0 Å². The number of aromatic nitrogens is 2. The average molecular weight is 309 g/mol. The van der Waals surface area contributed by atoms with Crippen molar-refractivity contribution in [2.45, 2.75) is 32.1 Å². The van der Waals surface area contributed by atoms with Crippen molar-refractivity contribution in [1.29, 1.82) is 0 Å². The van der Waals surface area contributed by atoms with Crippen molar-refractivity contribution in [3.63, 3.8) is 0 Å². The van der Waals surface area contributed by atoms with Crippen molar-refractivity contribution < 1.29 is 18.4 Å². The molecular formula is C15H17F2N3O2. The Morgan fingerprint density at radius 3 is 3.00 bits per heavy atom. The van der Waals surface area contributed by atoms with E-state index in [4.69, 9.17) is 4.52 Å². The molecule has 2 aromatic rings. The molecule has 1 aliphatic heterocycles. The Hall–Kier alpha value is -1.86. The summed E-state index contributed by atoms with van der Waals surface area (Å²) in [6.07, 6.45) is -0.631. The van der Waals surface area contributed by atoms with E-state index in [1.807, 2.05) is 0 Å². The summed E-state index contributed by atoms with van der Waals surface area (Å²) >= 11 is 0. The molecular weight excluding hydrogens is 292 g/mol. The second kappa shape index (κ2) is 6.10. The number of rotatable bonds is 4. The van der Waals surface area contributed by atoms with Gasteiger partial charge in [-0.2, -0.15) is 4.98 Å². The van der Waals surface area contributed by atoms with Gasteiger partial charge in [0.25, 0.3) is 0 Å². The minimum atomic E-state index is -0.945. The first kappa shape index (κ1) is 15.1. The number of alkyl halides is 1. The Balaban J connectivity index is 1.75. The third-order valence-corrected chi connectivity index (χ3v) is 3.91. The summed E-state index contributed by atoms with van der Waals surface area (Å²) in [6, 6.07) is 4.37. The number of hydrogen-bond donors (Lipinski definition) is 1. The second-order valence-electron chi connectivity index (χ2n) is 5.57. The summed E-state index contributed by atoms with van der Waals surface area (Å²) in [6.45, 7) is 2.10. The van der Waals surface area contributed by atoms with E-state index in [2.05, 4.69) is 10.1 Å². The van der Waals surface area contributed by atoms with Gasteiger partial charge in [0.1, 0.15) is 12.0 Å². The Bertz CT molecular complexity index is 662. The summed E-state index contributed by atoms with van der Waals surface area (Å²) in [5.74, 6) is 0.434. The van der Waals surface area contributed by atoms with Gasteiger partial charge in [-0.1, -0.05) is 5.16 Å². The number of likely N-dealkylation sites (tertiary alicyclic amines) is 1. The summed E-state index contributed by atoms with van der Waals surface area (Å²) in [7, 11) is 0. The van der Waals surface area contributed by atoms with Crippen molar-refractivity contribution in [1.82, 2.24) is 15.0 Å². The van der Waals surface area contributed by atoms with Crippen LogP contribution in [-0.4, -0.2) is 45.5 Å². The molecule has 0 spiro atoms. The van der Waals surface area contributed by atoms with Crippen LogP contribution in [0, 0.1) is 12.7 Å². The van der Waals surface area contributed by atoms with Crippen molar-refractivity contribution in [2.75, 3.05) is 13.2 Å². The van der Waals surface area contributed by atoms with E-state index in [-0.39, 0.29) is 25.0 Å². The monoisotopic (exact) mass is 309 g/mol. The first-order valence-corrected chi connectivity index (χ1v) is 7.15. The molecule has 1 aromatic carbocycles. The van der Waals surface area contributed by atoms with Crippen LogP contribution in [0.4, 0.5) is 8.78 Å². The smallest absolute Gasteiger partial charge is 0.241 e. The summed E-state index contributed by atoms with van der Waals surface area (Å²) in [5.41, 5.74) is 1.17. The molecule has 0 unspecified atom stereocenters. The van der Waals surface area contributed by atoms with Crippen LogP contribution in [0.25, 0.3) is 11.4 Å². The first-order valence-electron chi connectivity index (χ1n) is 7.15. The van der Waals surface area contributed by atoms with Crippen molar-refractivity contribution in [3.05, 3.63) is 35.5 Å². The fourth-order valence-electron chi connectivity index (χ4n) is 2.70. The predicted molar refractivity (Wildman–Crippen MR) is 75.2 cm³/mol. The molecule has 2 heterocycles. The van der Waals surface area contributed by atoms with Gasteiger partial charge in [-0.25, -0.2) is 8.78 Å². The topological polar surface area (TPSA) is 62.4 Å². The van der Waals surface area contributed by atoms with Crippen LogP contribution in [0.3, 0.4) is 0 Å². The average Bonchev–Trinajstić information content (AvgIpc) is 3.09. The molecule has 1 aliphatic rings. The maximum Gasteiger partial charge on any atom is 0.241 e. The van der Waals surface area contributed by atoms with Gasteiger partial charge in [0.15, 0.2) is 0 Å². The summed E-state index contributed by atoms with van der Waals surface area (Å²) < 4.78 is 31.9.